The number of aromatic nitrogens is 5. The molecule has 1 atom stereocenters. The van der Waals surface area contributed by atoms with Gasteiger partial charge in [-0.25, -0.2) is 9.78 Å². The van der Waals surface area contributed by atoms with E-state index in [9.17, 15) is 18.0 Å². The molecule has 1 aliphatic heterocycles. The molecule has 14 heteroatoms. The fourth-order valence-corrected chi connectivity index (χ4v) is 3.77. The Morgan fingerprint density at radius 1 is 1.24 bits per heavy atom. The van der Waals surface area contributed by atoms with Crippen LogP contribution in [0, 0.1) is 0 Å². The third-order valence-corrected chi connectivity index (χ3v) is 5.36. The molecule has 0 aromatic carbocycles. The van der Waals surface area contributed by atoms with E-state index in [4.69, 9.17) is 10.5 Å². The number of hydrogen-bond acceptors (Lipinski definition) is 8. The maximum Gasteiger partial charge on any atom is 0.435 e. The average molecular weight is 465 g/mol. The van der Waals surface area contributed by atoms with Gasteiger partial charge in [-0.1, -0.05) is 0 Å². The van der Waals surface area contributed by atoms with E-state index in [0.29, 0.717) is 18.0 Å². The van der Waals surface area contributed by atoms with E-state index < -0.39 is 23.6 Å². The van der Waals surface area contributed by atoms with E-state index >= 15 is 0 Å². The first-order chi connectivity index (χ1) is 15.6. The number of nitrogens with two attached hydrogens (primary N) is 1. The molecule has 0 radical (unpaired) electrons. The van der Waals surface area contributed by atoms with Crippen molar-refractivity contribution in [2.24, 2.45) is 7.05 Å². The van der Waals surface area contributed by atoms with Crippen molar-refractivity contribution in [1.82, 2.24) is 29.6 Å². The van der Waals surface area contributed by atoms with Gasteiger partial charge >= 0.3 is 12.2 Å². The maximum atomic E-state index is 13.4. The molecule has 4 heterocycles. The molecule has 0 unspecified atom stereocenters. The van der Waals surface area contributed by atoms with Crippen LogP contribution in [0.1, 0.15) is 12.6 Å². The summed E-state index contributed by atoms with van der Waals surface area (Å²) in [4.78, 5) is 28.2. The van der Waals surface area contributed by atoms with Crippen molar-refractivity contribution >= 4 is 34.5 Å². The lowest BCUT2D eigenvalue weighted by molar-refractivity contribution is -0.140. The molecule has 1 fully saturated rings. The zero-order chi connectivity index (χ0) is 23.9. The van der Waals surface area contributed by atoms with Crippen LogP contribution in [0.3, 0.4) is 0 Å². The van der Waals surface area contributed by atoms with Gasteiger partial charge in [0, 0.05) is 38.8 Å². The summed E-state index contributed by atoms with van der Waals surface area (Å²) < 4.78 is 46.6. The Kier molecular flexibility index (Phi) is 5.59. The van der Waals surface area contributed by atoms with Crippen molar-refractivity contribution < 1.29 is 22.7 Å². The number of carbonyl (C=O) groups is 1. The summed E-state index contributed by atoms with van der Waals surface area (Å²) in [7, 11) is 2.96. The van der Waals surface area contributed by atoms with Gasteiger partial charge in [0.1, 0.15) is 5.82 Å². The number of alkyl halides is 3. The van der Waals surface area contributed by atoms with Gasteiger partial charge in [0.15, 0.2) is 11.3 Å². The van der Waals surface area contributed by atoms with Crippen molar-refractivity contribution in [2.45, 2.75) is 19.1 Å². The van der Waals surface area contributed by atoms with Crippen LogP contribution in [-0.2, 0) is 13.2 Å². The molecule has 0 bridgehead atoms. The van der Waals surface area contributed by atoms with Crippen LogP contribution in [0.4, 0.5) is 35.4 Å². The normalized spacial score (nSPS) is 16.8. The van der Waals surface area contributed by atoms with Crippen molar-refractivity contribution in [3.05, 3.63) is 24.0 Å². The number of nitrogen functional groups attached to an aromatic ring is 1. The lowest BCUT2D eigenvalue weighted by Gasteiger charge is -2.40. The van der Waals surface area contributed by atoms with Gasteiger partial charge < -0.3 is 25.6 Å². The van der Waals surface area contributed by atoms with E-state index in [1.165, 1.54) is 18.1 Å². The number of urea groups is 1. The van der Waals surface area contributed by atoms with Gasteiger partial charge in [0.05, 0.1) is 24.4 Å². The molecule has 3 N–H and O–H groups in total. The van der Waals surface area contributed by atoms with Gasteiger partial charge in [0.25, 0.3) is 0 Å². The number of methoxy groups -OCH3 is 1. The average Bonchev–Trinajstić information content (AvgIpc) is 3.13. The lowest BCUT2D eigenvalue weighted by Crippen LogP contribution is -2.55. The van der Waals surface area contributed by atoms with Gasteiger partial charge in [-0.05, 0) is 13.0 Å². The van der Waals surface area contributed by atoms with E-state index in [2.05, 4.69) is 25.4 Å². The van der Waals surface area contributed by atoms with Crippen molar-refractivity contribution in [3.63, 3.8) is 0 Å². The van der Waals surface area contributed by atoms with Gasteiger partial charge in [-0.3, -0.25) is 4.68 Å². The molecule has 3 aromatic heterocycles. The summed E-state index contributed by atoms with van der Waals surface area (Å²) in [5, 5.41) is 7.24. The van der Waals surface area contributed by atoms with E-state index in [0.717, 1.165) is 11.5 Å². The van der Waals surface area contributed by atoms with Crippen LogP contribution < -0.4 is 20.7 Å². The minimum Gasteiger partial charge on any atom is -0.481 e. The largest absolute Gasteiger partial charge is 0.481 e. The number of carbonyl (C=O) groups excluding carboxylic acids is 1. The minimum atomic E-state index is -4.76. The Balaban J connectivity index is 1.52. The molecule has 0 saturated carbocycles. The van der Waals surface area contributed by atoms with Gasteiger partial charge in [-0.15, -0.1) is 0 Å². The first kappa shape index (κ1) is 22.4. The fraction of sp³-hybridized carbons (Fsp3) is 0.421. The molecular weight excluding hydrogens is 443 g/mol. The fourth-order valence-electron chi connectivity index (χ4n) is 3.77. The molecule has 33 heavy (non-hydrogen) atoms. The quantitative estimate of drug-likeness (QED) is 0.602. The van der Waals surface area contributed by atoms with Gasteiger partial charge in [0.2, 0.25) is 11.8 Å². The predicted octanol–water partition coefficient (Wildman–Crippen LogP) is 2.11. The summed E-state index contributed by atoms with van der Waals surface area (Å²) in [6, 6.07) is 1.52. The number of fused-ring (bicyclic) bond motifs is 1. The number of nitrogens with zero attached hydrogens (tertiary/aromatic N) is 7. The van der Waals surface area contributed by atoms with Crippen molar-refractivity contribution in [2.75, 3.05) is 42.7 Å². The highest BCUT2D eigenvalue weighted by molar-refractivity contribution is 5.91. The topological polar surface area (TPSA) is 127 Å². The number of rotatable bonds is 3. The third-order valence-electron chi connectivity index (χ3n) is 5.36. The number of piperazine rings is 1. The molecule has 0 spiro atoms. The molecule has 1 saturated heterocycles. The standard InChI is InChI=1S/C19H22F3N9O2/c1-10-9-30(18(32)25-12-4-5-13(33-3)26-14(12)19(20,21)22)6-7-31(10)16-11-8-24-29(2)15(11)27-17(23)28-16/h4-5,8,10H,6-7,9H2,1-3H3,(H,25,32)(H2,23,27,28)/t10-/m0/s1. The zero-order valence-electron chi connectivity index (χ0n) is 18.1. The summed E-state index contributed by atoms with van der Waals surface area (Å²) in [6.07, 6.45) is -3.11. The molecule has 0 aliphatic carbocycles. The van der Waals surface area contributed by atoms with Crippen LogP contribution >= 0.6 is 0 Å². The molecule has 176 valence electrons. The summed E-state index contributed by atoms with van der Waals surface area (Å²) in [5.74, 6) is 0.491. The maximum absolute atomic E-state index is 13.4. The number of amides is 2. The Labute approximate surface area is 186 Å². The van der Waals surface area contributed by atoms with E-state index in [-0.39, 0.29) is 31.0 Å². The highest BCUT2D eigenvalue weighted by Crippen LogP contribution is 2.35. The first-order valence-corrected chi connectivity index (χ1v) is 9.98. The van der Waals surface area contributed by atoms with E-state index in [1.54, 1.807) is 17.9 Å². The minimum absolute atomic E-state index is 0.0974. The zero-order valence-corrected chi connectivity index (χ0v) is 18.1. The lowest BCUT2D eigenvalue weighted by atomic mass is 10.2. The second-order valence-electron chi connectivity index (χ2n) is 7.58. The van der Waals surface area contributed by atoms with Gasteiger partial charge in [-0.2, -0.15) is 28.2 Å². The number of anilines is 3. The Morgan fingerprint density at radius 3 is 2.67 bits per heavy atom. The Hall–Kier alpha value is -3.84. The van der Waals surface area contributed by atoms with Crippen molar-refractivity contribution in [1.29, 1.82) is 0 Å². The van der Waals surface area contributed by atoms with Crippen LogP contribution in [0.25, 0.3) is 11.0 Å². The summed E-state index contributed by atoms with van der Waals surface area (Å²) in [6.45, 7) is 2.78. The third kappa shape index (κ3) is 4.27. The molecular formula is C19H22F3N9O2. The second-order valence-corrected chi connectivity index (χ2v) is 7.58. The molecule has 3 aromatic rings. The number of aryl methyl sites for hydroxylation is 1. The number of nitrogens with one attached hydrogen (secondary N) is 1. The summed E-state index contributed by atoms with van der Waals surface area (Å²) >= 11 is 0. The highest BCUT2D eigenvalue weighted by atomic mass is 19.4. The second kappa shape index (κ2) is 8.26. The Morgan fingerprint density at radius 2 is 2.00 bits per heavy atom. The number of ether oxygens (including phenoxy) is 1. The molecule has 2 amide bonds. The Bertz CT molecular complexity index is 1200. The van der Waals surface area contributed by atoms with Crippen LogP contribution in [0.5, 0.6) is 5.88 Å². The number of pyridine rings is 1. The van der Waals surface area contributed by atoms with Crippen LogP contribution in [-0.4, -0.2) is 68.4 Å². The molecule has 1 aliphatic rings. The first-order valence-electron chi connectivity index (χ1n) is 9.98. The van der Waals surface area contributed by atoms with Crippen LogP contribution in [0.2, 0.25) is 0 Å². The highest BCUT2D eigenvalue weighted by Gasteiger charge is 2.37. The SMILES string of the molecule is COc1ccc(NC(=O)N2CCN(c3nc(N)nc4c3cnn4C)[C@@H](C)C2)c(C(F)(F)F)n1. The van der Waals surface area contributed by atoms with Crippen molar-refractivity contribution in [3.8, 4) is 5.88 Å². The monoisotopic (exact) mass is 465 g/mol. The molecule has 11 nitrogen and oxygen atoms in total. The number of hydrogen-bond donors (Lipinski definition) is 2. The summed E-state index contributed by atoms with van der Waals surface area (Å²) in [5.41, 5.74) is 4.78. The number of halogens is 3. The van der Waals surface area contributed by atoms with Crippen LogP contribution in [0.15, 0.2) is 18.3 Å². The molecule has 4 rings (SSSR count). The predicted molar refractivity (Wildman–Crippen MR) is 114 cm³/mol. The van der Waals surface area contributed by atoms with E-state index in [1.807, 2.05) is 11.8 Å². The smallest absolute Gasteiger partial charge is 0.435 e.